The predicted octanol–water partition coefficient (Wildman–Crippen LogP) is 3.35. The standard InChI is InChI=1S/C19H23N3O2/c1-4-17(21-18-10-5-13(2)11-14(18)3)19(24)22-20-12-15-6-8-16(23)9-7-15/h5-12,17,21,23H,4H2,1-3H3,(H,22,24)/b20-12-. The first-order valence-corrected chi connectivity index (χ1v) is 7.95. The maximum atomic E-state index is 12.3. The van der Waals surface area contributed by atoms with E-state index in [1.807, 2.05) is 32.9 Å². The average Bonchev–Trinajstić information content (AvgIpc) is 2.56. The van der Waals surface area contributed by atoms with E-state index in [-0.39, 0.29) is 17.7 Å². The molecule has 0 saturated carbocycles. The third-order valence-corrected chi connectivity index (χ3v) is 3.72. The SMILES string of the molecule is CCC(Nc1ccc(C)cc1C)C(=O)N/N=C\c1ccc(O)cc1. The van der Waals surface area contributed by atoms with Gasteiger partial charge in [-0.2, -0.15) is 5.10 Å². The van der Waals surface area contributed by atoms with Gasteiger partial charge < -0.3 is 10.4 Å². The van der Waals surface area contributed by atoms with E-state index >= 15 is 0 Å². The van der Waals surface area contributed by atoms with Crippen molar-refractivity contribution >= 4 is 17.8 Å². The molecule has 3 N–H and O–H groups in total. The van der Waals surface area contributed by atoms with Crippen molar-refractivity contribution < 1.29 is 9.90 Å². The molecule has 0 radical (unpaired) electrons. The van der Waals surface area contributed by atoms with Crippen LogP contribution in [0.3, 0.4) is 0 Å². The second-order valence-electron chi connectivity index (χ2n) is 5.75. The molecule has 0 aromatic heterocycles. The van der Waals surface area contributed by atoms with Crippen molar-refractivity contribution in [2.75, 3.05) is 5.32 Å². The van der Waals surface area contributed by atoms with Gasteiger partial charge in [0.2, 0.25) is 0 Å². The van der Waals surface area contributed by atoms with Crippen LogP contribution in [-0.4, -0.2) is 23.3 Å². The highest BCUT2D eigenvalue weighted by Gasteiger charge is 2.16. The summed E-state index contributed by atoms with van der Waals surface area (Å²) in [5, 5.41) is 16.5. The highest BCUT2D eigenvalue weighted by molar-refractivity contribution is 5.87. The molecule has 2 aromatic carbocycles. The van der Waals surface area contributed by atoms with Gasteiger partial charge in [0.25, 0.3) is 5.91 Å². The van der Waals surface area contributed by atoms with Gasteiger partial charge in [-0.15, -0.1) is 0 Å². The van der Waals surface area contributed by atoms with Crippen LogP contribution in [0.4, 0.5) is 5.69 Å². The fraction of sp³-hybridized carbons (Fsp3) is 0.263. The molecule has 1 amide bonds. The van der Waals surface area contributed by atoms with E-state index in [0.717, 1.165) is 16.8 Å². The van der Waals surface area contributed by atoms with Gasteiger partial charge in [0.1, 0.15) is 11.8 Å². The Hall–Kier alpha value is -2.82. The Morgan fingerprint density at radius 3 is 2.54 bits per heavy atom. The molecular weight excluding hydrogens is 302 g/mol. The lowest BCUT2D eigenvalue weighted by Gasteiger charge is -2.18. The number of hydrogen-bond acceptors (Lipinski definition) is 4. The average molecular weight is 325 g/mol. The van der Waals surface area contributed by atoms with E-state index in [1.54, 1.807) is 30.5 Å². The molecule has 0 aliphatic heterocycles. The number of aromatic hydroxyl groups is 1. The van der Waals surface area contributed by atoms with Gasteiger partial charge in [-0.25, -0.2) is 5.43 Å². The topological polar surface area (TPSA) is 73.7 Å². The molecule has 1 atom stereocenters. The van der Waals surface area contributed by atoms with Crippen molar-refractivity contribution in [2.45, 2.75) is 33.2 Å². The second kappa shape index (κ2) is 8.15. The summed E-state index contributed by atoms with van der Waals surface area (Å²) < 4.78 is 0. The molecule has 2 rings (SSSR count). The third kappa shape index (κ3) is 4.84. The van der Waals surface area contributed by atoms with E-state index in [9.17, 15) is 9.90 Å². The Labute approximate surface area is 142 Å². The Kier molecular flexibility index (Phi) is 5.95. The molecule has 0 fully saturated rings. The summed E-state index contributed by atoms with van der Waals surface area (Å²) in [6.07, 6.45) is 2.19. The fourth-order valence-corrected chi connectivity index (χ4v) is 2.32. The molecule has 1 unspecified atom stereocenters. The molecule has 0 saturated heterocycles. The van der Waals surface area contributed by atoms with Crippen molar-refractivity contribution in [3.05, 3.63) is 59.2 Å². The molecule has 5 nitrogen and oxygen atoms in total. The van der Waals surface area contributed by atoms with Crippen LogP contribution in [-0.2, 0) is 4.79 Å². The van der Waals surface area contributed by atoms with Gasteiger partial charge in [-0.3, -0.25) is 4.79 Å². The van der Waals surface area contributed by atoms with Crippen molar-refractivity contribution in [1.29, 1.82) is 0 Å². The minimum Gasteiger partial charge on any atom is -0.508 e. The van der Waals surface area contributed by atoms with Crippen LogP contribution in [0.2, 0.25) is 0 Å². The van der Waals surface area contributed by atoms with Gasteiger partial charge in [0, 0.05) is 5.69 Å². The minimum atomic E-state index is -0.358. The van der Waals surface area contributed by atoms with Gasteiger partial charge in [0.05, 0.1) is 6.21 Å². The maximum Gasteiger partial charge on any atom is 0.262 e. The number of aryl methyl sites for hydroxylation is 2. The zero-order chi connectivity index (χ0) is 17.5. The molecule has 0 aliphatic rings. The van der Waals surface area contributed by atoms with Crippen LogP contribution in [0.1, 0.15) is 30.0 Å². The molecular formula is C19H23N3O2. The smallest absolute Gasteiger partial charge is 0.262 e. The summed E-state index contributed by atoms with van der Waals surface area (Å²) in [5.74, 6) is 0.00686. The van der Waals surface area contributed by atoms with E-state index in [2.05, 4.69) is 21.9 Å². The Morgan fingerprint density at radius 2 is 1.92 bits per heavy atom. The summed E-state index contributed by atoms with van der Waals surface area (Å²) in [4.78, 5) is 12.3. The highest BCUT2D eigenvalue weighted by atomic mass is 16.3. The van der Waals surface area contributed by atoms with Crippen LogP contribution >= 0.6 is 0 Å². The zero-order valence-corrected chi connectivity index (χ0v) is 14.2. The number of nitrogens with one attached hydrogen (secondary N) is 2. The maximum absolute atomic E-state index is 12.3. The van der Waals surface area contributed by atoms with Crippen LogP contribution < -0.4 is 10.7 Å². The molecule has 0 aliphatic carbocycles. The van der Waals surface area contributed by atoms with E-state index in [0.29, 0.717) is 6.42 Å². The first-order chi connectivity index (χ1) is 11.5. The first kappa shape index (κ1) is 17.5. The number of nitrogens with zero attached hydrogens (tertiary/aromatic N) is 1. The first-order valence-electron chi connectivity index (χ1n) is 7.95. The van der Waals surface area contributed by atoms with E-state index in [4.69, 9.17) is 0 Å². The Morgan fingerprint density at radius 1 is 1.21 bits per heavy atom. The number of phenolic OH excluding ortho intramolecular Hbond substituents is 1. The number of hydrogen-bond donors (Lipinski definition) is 3. The lowest BCUT2D eigenvalue weighted by Crippen LogP contribution is -2.37. The summed E-state index contributed by atoms with van der Waals surface area (Å²) in [6.45, 7) is 6.01. The molecule has 24 heavy (non-hydrogen) atoms. The minimum absolute atomic E-state index is 0.187. The Bertz CT molecular complexity index is 724. The number of anilines is 1. The third-order valence-electron chi connectivity index (χ3n) is 3.72. The lowest BCUT2D eigenvalue weighted by molar-refractivity contribution is -0.121. The van der Waals surface area contributed by atoms with Crippen LogP contribution in [0.5, 0.6) is 5.75 Å². The molecule has 5 heteroatoms. The fourth-order valence-electron chi connectivity index (χ4n) is 2.32. The monoisotopic (exact) mass is 325 g/mol. The number of amides is 1. The summed E-state index contributed by atoms with van der Waals surface area (Å²) >= 11 is 0. The number of rotatable bonds is 6. The predicted molar refractivity (Wildman–Crippen MR) is 97.5 cm³/mol. The van der Waals surface area contributed by atoms with Gasteiger partial charge in [0.15, 0.2) is 0 Å². The van der Waals surface area contributed by atoms with Crippen LogP contribution in [0.15, 0.2) is 47.6 Å². The second-order valence-corrected chi connectivity index (χ2v) is 5.75. The van der Waals surface area contributed by atoms with Crippen molar-refractivity contribution in [1.82, 2.24) is 5.43 Å². The molecule has 0 bridgehead atoms. The van der Waals surface area contributed by atoms with Crippen molar-refractivity contribution in [3.63, 3.8) is 0 Å². The highest BCUT2D eigenvalue weighted by Crippen LogP contribution is 2.17. The number of carbonyl (C=O) groups excluding carboxylic acids is 1. The number of phenols is 1. The molecule has 0 heterocycles. The van der Waals surface area contributed by atoms with Crippen LogP contribution in [0, 0.1) is 13.8 Å². The largest absolute Gasteiger partial charge is 0.508 e. The van der Waals surface area contributed by atoms with E-state index in [1.165, 1.54) is 5.56 Å². The Balaban J connectivity index is 1.97. The summed E-state index contributed by atoms with van der Waals surface area (Å²) in [5.41, 5.74) is 6.59. The zero-order valence-electron chi connectivity index (χ0n) is 14.2. The normalized spacial score (nSPS) is 12.1. The number of carbonyl (C=O) groups is 1. The van der Waals surface area contributed by atoms with Crippen molar-refractivity contribution in [3.8, 4) is 5.75 Å². The van der Waals surface area contributed by atoms with Gasteiger partial charge in [-0.05, 0) is 61.7 Å². The van der Waals surface area contributed by atoms with Crippen LogP contribution in [0.25, 0.3) is 0 Å². The molecule has 0 spiro atoms. The lowest BCUT2D eigenvalue weighted by atomic mass is 10.1. The van der Waals surface area contributed by atoms with Crippen molar-refractivity contribution in [2.24, 2.45) is 5.10 Å². The molecule has 2 aromatic rings. The number of hydrazone groups is 1. The van der Waals surface area contributed by atoms with Gasteiger partial charge >= 0.3 is 0 Å². The van der Waals surface area contributed by atoms with E-state index < -0.39 is 0 Å². The summed E-state index contributed by atoms with van der Waals surface area (Å²) in [6, 6.07) is 12.3. The van der Waals surface area contributed by atoms with Gasteiger partial charge in [-0.1, -0.05) is 24.6 Å². The summed E-state index contributed by atoms with van der Waals surface area (Å²) in [7, 11) is 0. The number of benzene rings is 2. The molecule has 126 valence electrons. The quantitative estimate of drug-likeness (QED) is 0.563.